The lowest BCUT2D eigenvalue weighted by Gasteiger charge is -2.27. The van der Waals surface area contributed by atoms with Crippen molar-refractivity contribution in [2.24, 2.45) is 0 Å². The highest BCUT2D eigenvalue weighted by molar-refractivity contribution is 9.10. The third-order valence-electron chi connectivity index (χ3n) is 3.68. The number of hydrogen-bond acceptors (Lipinski definition) is 4. The molecule has 0 aromatic heterocycles. The van der Waals surface area contributed by atoms with Crippen LogP contribution in [0.1, 0.15) is 6.42 Å². The summed E-state index contributed by atoms with van der Waals surface area (Å²) in [4.78, 5) is 14.0. The van der Waals surface area contributed by atoms with Crippen LogP contribution in [-0.2, 0) is 0 Å². The summed E-state index contributed by atoms with van der Waals surface area (Å²) in [5, 5.41) is 9.58. The minimum atomic E-state index is -0.133. The highest BCUT2D eigenvalue weighted by Gasteiger charge is 2.09. The molecule has 0 unspecified atom stereocenters. The van der Waals surface area contributed by atoms with E-state index in [4.69, 9.17) is 16.3 Å². The molecule has 0 spiro atoms. The molecule has 1 saturated heterocycles. The van der Waals surface area contributed by atoms with Crippen LogP contribution in [0.3, 0.4) is 0 Å². The van der Waals surface area contributed by atoms with Gasteiger partial charge in [-0.05, 0) is 24.6 Å². The standard InChI is InChI=1S/C16H24BrClN4O2/c17-13-2-3-15(14(18)12-13)24-11-1-4-20-16(23)21-7-10-22-8-5-19-6-9-22/h2-3,12,19H,1,4-11H2,(H2,20,21,23). The van der Waals surface area contributed by atoms with Gasteiger partial charge in [0.15, 0.2) is 0 Å². The predicted molar refractivity (Wildman–Crippen MR) is 100.0 cm³/mol. The molecule has 0 bridgehead atoms. The van der Waals surface area contributed by atoms with Gasteiger partial charge >= 0.3 is 6.03 Å². The maximum atomic E-state index is 11.7. The molecule has 2 amide bonds. The molecular weight excluding hydrogens is 396 g/mol. The number of benzene rings is 1. The molecule has 0 atom stereocenters. The Morgan fingerprint density at radius 3 is 2.79 bits per heavy atom. The van der Waals surface area contributed by atoms with E-state index in [1.807, 2.05) is 12.1 Å². The van der Waals surface area contributed by atoms with Crippen molar-refractivity contribution in [3.05, 3.63) is 27.7 Å². The topological polar surface area (TPSA) is 65.6 Å². The Hall–Kier alpha value is -1.02. The third kappa shape index (κ3) is 7.25. The molecule has 3 N–H and O–H groups in total. The van der Waals surface area contributed by atoms with Crippen LogP contribution in [0.15, 0.2) is 22.7 Å². The van der Waals surface area contributed by atoms with Gasteiger partial charge in [-0.25, -0.2) is 4.79 Å². The van der Waals surface area contributed by atoms with Crippen LogP contribution >= 0.6 is 27.5 Å². The summed E-state index contributed by atoms with van der Waals surface area (Å²) >= 11 is 9.42. The number of piperazine rings is 1. The lowest BCUT2D eigenvalue weighted by molar-refractivity contribution is 0.226. The number of halogens is 2. The summed E-state index contributed by atoms with van der Waals surface area (Å²) in [7, 11) is 0. The van der Waals surface area contributed by atoms with E-state index < -0.39 is 0 Å². The highest BCUT2D eigenvalue weighted by Crippen LogP contribution is 2.27. The molecule has 1 fully saturated rings. The zero-order valence-corrected chi connectivity index (χ0v) is 16.0. The Labute approximate surface area is 156 Å². The van der Waals surface area contributed by atoms with Gasteiger partial charge in [0.2, 0.25) is 0 Å². The molecule has 1 aliphatic rings. The first kappa shape index (κ1) is 19.3. The largest absolute Gasteiger partial charge is 0.492 e. The SMILES string of the molecule is O=C(NCCCOc1ccc(Br)cc1Cl)NCCN1CCNCC1. The van der Waals surface area contributed by atoms with Gasteiger partial charge in [-0.3, -0.25) is 4.90 Å². The maximum absolute atomic E-state index is 11.7. The first-order chi connectivity index (χ1) is 11.6. The van der Waals surface area contributed by atoms with E-state index in [-0.39, 0.29) is 6.03 Å². The Balaban J connectivity index is 1.49. The van der Waals surface area contributed by atoms with E-state index >= 15 is 0 Å². The summed E-state index contributed by atoms with van der Waals surface area (Å²) in [6.07, 6.45) is 0.720. The van der Waals surface area contributed by atoms with Crippen LogP contribution in [0, 0.1) is 0 Å². The van der Waals surface area contributed by atoms with E-state index in [9.17, 15) is 4.79 Å². The Morgan fingerprint density at radius 2 is 2.04 bits per heavy atom. The van der Waals surface area contributed by atoms with Crippen LogP contribution in [0.25, 0.3) is 0 Å². The van der Waals surface area contributed by atoms with Gasteiger partial charge in [-0.1, -0.05) is 27.5 Å². The van der Waals surface area contributed by atoms with Crippen LogP contribution < -0.4 is 20.7 Å². The van der Waals surface area contributed by atoms with Gasteiger partial charge in [0.25, 0.3) is 0 Å². The molecule has 1 heterocycles. The number of carbonyl (C=O) groups is 1. The molecule has 0 saturated carbocycles. The number of hydrogen-bond donors (Lipinski definition) is 3. The third-order valence-corrected chi connectivity index (χ3v) is 4.47. The second-order valence-corrected chi connectivity index (χ2v) is 6.87. The molecule has 134 valence electrons. The molecule has 1 aromatic carbocycles. The van der Waals surface area contributed by atoms with Gasteiger partial charge in [0.05, 0.1) is 11.6 Å². The van der Waals surface area contributed by atoms with Crippen LogP contribution in [-0.4, -0.2) is 63.4 Å². The number of nitrogens with one attached hydrogen (secondary N) is 3. The summed E-state index contributed by atoms with van der Waals surface area (Å²) in [6, 6.07) is 5.36. The van der Waals surface area contributed by atoms with Gasteiger partial charge in [0.1, 0.15) is 5.75 Å². The van der Waals surface area contributed by atoms with Crippen molar-refractivity contribution in [3.8, 4) is 5.75 Å². The average Bonchev–Trinajstić information content (AvgIpc) is 2.57. The van der Waals surface area contributed by atoms with Crippen molar-refractivity contribution in [3.63, 3.8) is 0 Å². The van der Waals surface area contributed by atoms with Crippen LogP contribution in [0.2, 0.25) is 5.02 Å². The summed E-state index contributed by atoms with van der Waals surface area (Å²) < 4.78 is 6.51. The predicted octanol–water partition coefficient (Wildman–Crippen LogP) is 2.08. The fourth-order valence-corrected chi connectivity index (χ4v) is 3.10. The van der Waals surface area contributed by atoms with E-state index in [1.54, 1.807) is 6.07 Å². The number of rotatable bonds is 8. The fourth-order valence-electron chi connectivity index (χ4n) is 2.37. The summed E-state index contributed by atoms with van der Waals surface area (Å²) in [6.45, 7) is 6.74. The normalized spacial score (nSPS) is 15.1. The molecule has 6 nitrogen and oxygen atoms in total. The number of amides is 2. The van der Waals surface area contributed by atoms with Gasteiger partial charge < -0.3 is 20.7 Å². The van der Waals surface area contributed by atoms with Crippen molar-refractivity contribution in [2.45, 2.75) is 6.42 Å². The van der Waals surface area contributed by atoms with E-state index in [0.717, 1.165) is 43.6 Å². The number of ether oxygens (including phenoxy) is 1. The zero-order valence-electron chi connectivity index (χ0n) is 13.6. The number of carbonyl (C=O) groups excluding carboxylic acids is 1. The Bertz CT molecular complexity index is 527. The summed E-state index contributed by atoms with van der Waals surface area (Å²) in [5.41, 5.74) is 0. The van der Waals surface area contributed by atoms with Crippen molar-refractivity contribution >= 4 is 33.6 Å². The molecule has 1 aliphatic heterocycles. The zero-order chi connectivity index (χ0) is 17.2. The number of urea groups is 1. The van der Waals surface area contributed by atoms with E-state index in [0.29, 0.717) is 30.5 Å². The fraction of sp³-hybridized carbons (Fsp3) is 0.562. The van der Waals surface area contributed by atoms with Crippen molar-refractivity contribution in [2.75, 3.05) is 52.4 Å². The smallest absolute Gasteiger partial charge is 0.314 e. The molecule has 8 heteroatoms. The quantitative estimate of drug-likeness (QED) is 0.565. The maximum Gasteiger partial charge on any atom is 0.314 e. The van der Waals surface area contributed by atoms with Crippen molar-refractivity contribution in [1.82, 2.24) is 20.9 Å². The van der Waals surface area contributed by atoms with Gasteiger partial charge in [-0.2, -0.15) is 0 Å². The Kier molecular flexibility index (Phi) is 8.66. The molecule has 0 aliphatic carbocycles. The second-order valence-electron chi connectivity index (χ2n) is 5.55. The second kappa shape index (κ2) is 10.8. The average molecular weight is 420 g/mol. The highest BCUT2D eigenvalue weighted by atomic mass is 79.9. The molecule has 24 heavy (non-hydrogen) atoms. The van der Waals surface area contributed by atoms with Gasteiger partial charge in [0, 0.05) is 50.3 Å². The van der Waals surface area contributed by atoms with Gasteiger partial charge in [-0.15, -0.1) is 0 Å². The molecule has 1 aromatic rings. The lowest BCUT2D eigenvalue weighted by Crippen LogP contribution is -2.47. The Morgan fingerprint density at radius 1 is 1.29 bits per heavy atom. The van der Waals surface area contributed by atoms with E-state index in [2.05, 4.69) is 36.8 Å². The van der Waals surface area contributed by atoms with Crippen LogP contribution in [0.4, 0.5) is 4.79 Å². The minimum Gasteiger partial charge on any atom is -0.492 e. The van der Waals surface area contributed by atoms with Crippen LogP contribution in [0.5, 0.6) is 5.75 Å². The molecule has 2 rings (SSSR count). The van der Waals surface area contributed by atoms with E-state index in [1.165, 1.54) is 0 Å². The molecule has 0 radical (unpaired) electrons. The minimum absolute atomic E-state index is 0.133. The first-order valence-electron chi connectivity index (χ1n) is 8.18. The number of nitrogens with zero attached hydrogens (tertiary/aromatic N) is 1. The molecular formula is C16H24BrClN4O2. The monoisotopic (exact) mass is 418 g/mol. The van der Waals surface area contributed by atoms with Crippen molar-refractivity contribution < 1.29 is 9.53 Å². The summed E-state index contributed by atoms with van der Waals surface area (Å²) in [5.74, 6) is 0.653. The first-order valence-corrected chi connectivity index (χ1v) is 9.35. The van der Waals surface area contributed by atoms with Crippen molar-refractivity contribution in [1.29, 1.82) is 0 Å². The lowest BCUT2D eigenvalue weighted by atomic mass is 10.3.